The van der Waals surface area contributed by atoms with Crippen LogP contribution in [0.2, 0.25) is 10.0 Å². The van der Waals surface area contributed by atoms with Crippen LogP contribution < -0.4 is 10.6 Å². The molecule has 0 spiro atoms. The second-order valence-corrected chi connectivity index (χ2v) is 7.46. The van der Waals surface area contributed by atoms with E-state index in [4.69, 9.17) is 23.2 Å². The van der Waals surface area contributed by atoms with Crippen LogP contribution in [0.5, 0.6) is 0 Å². The molecule has 23 heavy (non-hydrogen) atoms. The van der Waals surface area contributed by atoms with Crippen LogP contribution in [0.1, 0.15) is 26.7 Å². The van der Waals surface area contributed by atoms with E-state index < -0.39 is 0 Å². The third-order valence-corrected chi connectivity index (χ3v) is 4.74. The van der Waals surface area contributed by atoms with Crippen LogP contribution in [0.15, 0.2) is 18.2 Å². The van der Waals surface area contributed by atoms with Crippen LogP contribution in [-0.2, 0) is 4.79 Å². The lowest BCUT2D eigenvalue weighted by Gasteiger charge is -2.31. The quantitative estimate of drug-likeness (QED) is 0.782. The number of carbonyl (C=O) groups is 1. The summed E-state index contributed by atoms with van der Waals surface area (Å²) in [5.41, 5.74) is 0.803. The zero-order valence-corrected chi connectivity index (χ0v) is 15.3. The number of halogens is 2. The first-order chi connectivity index (χ1) is 10.9. The first-order valence-corrected chi connectivity index (χ1v) is 8.85. The summed E-state index contributed by atoms with van der Waals surface area (Å²) in [5, 5.41) is 7.32. The summed E-state index contributed by atoms with van der Waals surface area (Å²) in [7, 11) is 0. The molecule has 0 aliphatic carbocycles. The van der Waals surface area contributed by atoms with E-state index in [1.807, 2.05) is 0 Å². The molecule has 1 aliphatic heterocycles. The fourth-order valence-corrected chi connectivity index (χ4v) is 3.40. The number of hydrogen-bond acceptors (Lipinski definition) is 3. The molecule has 2 rings (SSSR count). The summed E-state index contributed by atoms with van der Waals surface area (Å²) in [6, 6.07) is 5.07. The standard InChI is InChI=1S/C17H25Cl2N3O/c1-3-8-22(12-17(2)6-7-20-11-17)10-16(23)21-15-9-13(18)4-5-14(15)19/h4-5,9,20H,3,6-8,10-12H2,1-2H3,(H,21,23). The van der Waals surface area contributed by atoms with E-state index in [1.54, 1.807) is 18.2 Å². The number of rotatable bonds is 7. The molecule has 1 aromatic carbocycles. The Morgan fingerprint density at radius 3 is 2.87 bits per heavy atom. The molecule has 0 radical (unpaired) electrons. The summed E-state index contributed by atoms with van der Waals surface area (Å²) in [6.45, 7) is 8.67. The summed E-state index contributed by atoms with van der Waals surface area (Å²) in [5.74, 6) is -0.0582. The highest BCUT2D eigenvalue weighted by Crippen LogP contribution is 2.27. The predicted octanol–water partition coefficient (Wildman–Crippen LogP) is 3.64. The van der Waals surface area contributed by atoms with Gasteiger partial charge in [0.25, 0.3) is 0 Å². The Bertz CT molecular complexity index is 545. The van der Waals surface area contributed by atoms with Gasteiger partial charge in [-0.15, -0.1) is 0 Å². The number of carbonyl (C=O) groups excluding carboxylic acids is 1. The van der Waals surface area contributed by atoms with Gasteiger partial charge in [-0.1, -0.05) is 37.0 Å². The van der Waals surface area contributed by atoms with E-state index in [2.05, 4.69) is 29.4 Å². The van der Waals surface area contributed by atoms with Crippen molar-refractivity contribution in [1.29, 1.82) is 0 Å². The summed E-state index contributed by atoms with van der Waals surface area (Å²) >= 11 is 12.1. The Morgan fingerprint density at radius 1 is 1.43 bits per heavy atom. The Hall–Kier alpha value is -0.810. The largest absolute Gasteiger partial charge is 0.324 e. The monoisotopic (exact) mass is 357 g/mol. The molecule has 1 saturated heterocycles. The molecule has 4 nitrogen and oxygen atoms in total. The van der Waals surface area contributed by atoms with Crippen molar-refractivity contribution < 1.29 is 4.79 Å². The molecule has 6 heteroatoms. The van der Waals surface area contributed by atoms with E-state index in [1.165, 1.54) is 0 Å². The fraction of sp³-hybridized carbons (Fsp3) is 0.588. The van der Waals surface area contributed by atoms with Gasteiger partial charge in [0.2, 0.25) is 5.91 Å². The molecular formula is C17H25Cl2N3O. The van der Waals surface area contributed by atoms with Gasteiger partial charge in [0.05, 0.1) is 17.3 Å². The highest BCUT2D eigenvalue weighted by molar-refractivity contribution is 6.35. The molecule has 1 aliphatic rings. The Kier molecular flexibility index (Phi) is 6.72. The number of hydrogen-bond donors (Lipinski definition) is 2. The molecule has 1 heterocycles. The number of amides is 1. The third kappa shape index (κ3) is 5.64. The average Bonchev–Trinajstić information content (AvgIpc) is 2.89. The number of anilines is 1. The lowest BCUT2D eigenvalue weighted by atomic mass is 9.89. The van der Waals surface area contributed by atoms with Crippen LogP contribution in [-0.4, -0.2) is 43.5 Å². The maximum absolute atomic E-state index is 12.4. The van der Waals surface area contributed by atoms with Crippen LogP contribution in [0, 0.1) is 5.41 Å². The zero-order valence-electron chi connectivity index (χ0n) is 13.8. The molecule has 128 valence electrons. The lowest BCUT2D eigenvalue weighted by molar-refractivity contribution is -0.117. The number of nitrogens with one attached hydrogen (secondary N) is 2. The van der Waals surface area contributed by atoms with Crippen molar-refractivity contribution in [3.63, 3.8) is 0 Å². The minimum absolute atomic E-state index is 0.0582. The minimum atomic E-state index is -0.0582. The Morgan fingerprint density at radius 2 is 2.22 bits per heavy atom. The molecule has 0 bridgehead atoms. The van der Waals surface area contributed by atoms with Gasteiger partial charge in [-0.25, -0.2) is 0 Å². The van der Waals surface area contributed by atoms with E-state index in [0.717, 1.165) is 39.0 Å². The summed E-state index contributed by atoms with van der Waals surface area (Å²) in [4.78, 5) is 14.6. The minimum Gasteiger partial charge on any atom is -0.324 e. The van der Waals surface area contributed by atoms with E-state index in [0.29, 0.717) is 22.3 Å². The molecule has 1 aromatic rings. The van der Waals surface area contributed by atoms with Crippen LogP contribution >= 0.6 is 23.2 Å². The Labute approximate surface area is 148 Å². The summed E-state index contributed by atoms with van der Waals surface area (Å²) in [6.07, 6.45) is 2.17. The van der Waals surface area contributed by atoms with Gasteiger partial charge in [-0.05, 0) is 49.5 Å². The van der Waals surface area contributed by atoms with Crippen LogP contribution in [0.3, 0.4) is 0 Å². The van der Waals surface area contributed by atoms with Gasteiger partial charge in [0.1, 0.15) is 0 Å². The van der Waals surface area contributed by atoms with Gasteiger partial charge in [0.15, 0.2) is 0 Å². The molecule has 0 saturated carbocycles. The average molecular weight is 358 g/mol. The highest BCUT2D eigenvalue weighted by atomic mass is 35.5. The molecular weight excluding hydrogens is 333 g/mol. The number of benzene rings is 1. The van der Waals surface area contributed by atoms with E-state index in [9.17, 15) is 4.79 Å². The Balaban J connectivity index is 1.96. The lowest BCUT2D eigenvalue weighted by Crippen LogP contribution is -2.41. The SMILES string of the molecule is CCCN(CC(=O)Nc1cc(Cl)ccc1Cl)CC1(C)CCNC1. The molecule has 1 fully saturated rings. The van der Waals surface area contributed by atoms with Crippen molar-refractivity contribution in [3.8, 4) is 0 Å². The molecule has 1 unspecified atom stereocenters. The molecule has 1 amide bonds. The fourth-order valence-electron chi connectivity index (χ4n) is 3.06. The van der Waals surface area contributed by atoms with E-state index >= 15 is 0 Å². The molecule has 0 aromatic heterocycles. The van der Waals surface area contributed by atoms with Gasteiger partial charge >= 0.3 is 0 Å². The topological polar surface area (TPSA) is 44.4 Å². The maximum Gasteiger partial charge on any atom is 0.238 e. The summed E-state index contributed by atoms with van der Waals surface area (Å²) < 4.78 is 0. The third-order valence-electron chi connectivity index (χ3n) is 4.17. The molecule has 1 atom stereocenters. The second kappa shape index (κ2) is 8.34. The zero-order chi connectivity index (χ0) is 16.9. The van der Waals surface area contributed by atoms with Crippen LogP contribution in [0.25, 0.3) is 0 Å². The van der Waals surface area contributed by atoms with Gasteiger partial charge in [-0.2, -0.15) is 0 Å². The van der Waals surface area contributed by atoms with Crippen molar-refractivity contribution in [1.82, 2.24) is 10.2 Å². The van der Waals surface area contributed by atoms with Crippen molar-refractivity contribution in [2.75, 3.05) is 38.0 Å². The van der Waals surface area contributed by atoms with E-state index in [-0.39, 0.29) is 11.3 Å². The van der Waals surface area contributed by atoms with Crippen molar-refractivity contribution in [2.45, 2.75) is 26.7 Å². The van der Waals surface area contributed by atoms with Crippen LogP contribution in [0.4, 0.5) is 5.69 Å². The van der Waals surface area contributed by atoms with Gasteiger partial charge < -0.3 is 10.6 Å². The predicted molar refractivity (Wildman–Crippen MR) is 97.4 cm³/mol. The maximum atomic E-state index is 12.4. The first-order valence-electron chi connectivity index (χ1n) is 8.10. The highest BCUT2D eigenvalue weighted by Gasteiger charge is 2.31. The normalized spacial score (nSPS) is 20.9. The first kappa shape index (κ1) is 18.5. The smallest absolute Gasteiger partial charge is 0.238 e. The van der Waals surface area contributed by atoms with Crippen molar-refractivity contribution >= 4 is 34.8 Å². The second-order valence-electron chi connectivity index (χ2n) is 6.62. The van der Waals surface area contributed by atoms with Crippen molar-refractivity contribution in [2.24, 2.45) is 5.41 Å². The molecule has 2 N–H and O–H groups in total. The van der Waals surface area contributed by atoms with Gasteiger partial charge in [-0.3, -0.25) is 9.69 Å². The number of nitrogens with zero attached hydrogens (tertiary/aromatic N) is 1. The van der Waals surface area contributed by atoms with Gasteiger partial charge in [0, 0.05) is 18.1 Å². The van der Waals surface area contributed by atoms with Crippen molar-refractivity contribution in [3.05, 3.63) is 28.2 Å².